The molecule has 4 rings (SSSR count). The van der Waals surface area contributed by atoms with Crippen LogP contribution in [-0.4, -0.2) is 51.4 Å². The molecule has 6 nitrogen and oxygen atoms in total. The lowest BCUT2D eigenvalue weighted by atomic mass is 9.97. The molecule has 0 radical (unpaired) electrons. The molecule has 1 aromatic heterocycles. The average Bonchev–Trinajstić information content (AvgIpc) is 3.41. The number of carbonyl (C=O) groups is 2. The Labute approximate surface area is 198 Å². The maximum absolute atomic E-state index is 14.6. The molecule has 1 aliphatic carbocycles. The third-order valence-corrected chi connectivity index (χ3v) is 6.13. The fourth-order valence-electron chi connectivity index (χ4n) is 3.99. The zero-order valence-corrected chi connectivity index (χ0v) is 19.5. The van der Waals surface area contributed by atoms with Gasteiger partial charge < -0.3 is 4.74 Å². The Morgan fingerprint density at radius 2 is 2.09 bits per heavy atom. The molecule has 0 bridgehead atoms. The number of benzene rings is 1. The molecule has 1 saturated carbocycles. The number of ketones is 1. The molecule has 9 heteroatoms. The summed E-state index contributed by atoms with van der Waals surface area (Å²) in [5, 5.41) is 4.13. The first-order valence-electron chi connectivity index (χ1n) is 10.5. The first kappa shape index (κ1) is 24.5. The molecule has 2 aromatic rings. The molecule has 0 amide bonds. The van der Waals surface area contributed by atoms with Crippen molar-refractivity contribution in [1.29, 1.82) is 0 Å². The largest absolute Gasteiger partial charge is 0.465 e. The molecular weight excluding hydrogens is 453 g/mol. The normalized spacial score (nSPS) is 20.7. The molecule has 172 valence electrons. The van der Waals surface area contributed by atoms with Crippen LogP contribution in [0.15, 0.2) is 42.2 Å². The van der Waals surface area contributed by atoms with Crippen molar-refractivity contribution in [2.75, 3.05) is 19.7 Å². The van der Waals surface area contributed by atoms with Crippen LogP contribution in [0.25, 0.3) is 6.08 Å². The van der Waals surface area contributed by atoms with Crippen LogP contribution in [0.3, 0.4) is 0 Å². The van der Waals surface area contributed by atoms with Gasteiger partial charge in [0.1, 0.15) is 12.4 Å². The van der Waals surface area contributed by atoms with E-state index in [0.29, 0.717) is 25.3 Å². The molecule has 1 aliphatic heterocycles. The van der Waals surface area contributed by atoms with Gasteiger partial charge in [0.15, 0.2) is 5.78 Å². The van der Waals surface area contributed by atoms with Crippen molar-refractivity contribution in [3.8, 4) is 0 Å². The number of rotatable bonds is 8. The van der Waals surface area contributed by atoms with Crippen molar-refractivity contribution in [3.63, 3.8) is 0 Å². The molecule has 2 heterocycles. The standard InChI is InChI=1S/C23H26FN3O3S.ClH/c1-2-30-21(28)14-27-11-15(10-25-27)9-17-12-26(13-20(17)31)22(23(29)16-7-8-16)18-5-3-4-6-19(18)24;/h3-6,9-11,16,20,22,31H,2,7-8,12-14H2,1H3;1H/b17-9+;. The minimum Gasteiger partial charge on any atom is -0.465 e. The van der Waals surface area contributed by atoms with Crippen molar-refractivity contribution in [2.24, 2.45) is 5.92 Å². The van der Waals surface area contributed by atoms with Gasteiger partial charge in [-0.15, -0.1) is 12.4 Å². The number of likely N-dealkylation sites (tertiary alicyclic amines) is 1. The zero-order chi connectivity index (χ0) is 22.0. The lowest BCUT2D eigenvalue weighted by molar-refractivity contribution is -0.144. The summed E-state index contributed by atoms with van der Waals surface area (Å²) in [7, 11) is 0. The van der Waals surface area contributed by atoms with Gasteiger partial charge in [-0.1, -0.05) is 24.3 Å². The van der Waals surface area contributed by atoms with Crippen molar-refractivity contribution in [1.82, 2.24) is 14.7 Å². The summed E-state index contributed by atoms with van der Waals surface area (Å²) >= 11 is 4.72. The Morgan fingerprint density at radius 3 is 2.78 bits per heavy atom. The van der Waals surface area contributed by atoms with Gasteiger partial charge in [-0.2, -0.15) is 17.7 Å². The van der Waals surface area contributed by atoms with Crippen LogP contribution in [0.4, 0.5) is 4.39 Å². The van der Waals surface area contributed by atoms with E-state index in [2.05, 4.69) is 5.10 Å². The number of Topliss-reactive ketones (excluding diaryl/α,β-unsaturated/α-hetero) is 1. The molecule has 2 aliphatic rings. The van der Waals surface area contributed by atoms with E-state index in [0.717, 1.165) is 24.0 Å². The summed E-state index contributed by atoms with van der Waals surface area (Å²) in [5.41, 5.74) is 2.31. The fourth-order valence-corrected chi connectivity index (χ4v) is 4.36. The number of carbonyl (C=O) groups excluding carboxylic acids is 2. The van der Waals surface area contributed by atoms with E-state index in [-0.39, 0.29) is 47.7 Å². The van der Waals surface area contributed by atoms with Gasteiger partial charge in [0.25, 0.3) is 0 Å². The first-order valence-corrected chi connectivity index (χ1v) is 11.1. The highest BCUT2D eigenvalue weighted by Crippen LogP contribution is 2.40. The number of hydrogen-bond donors (Lipinski definition) is 1. The maximum Gasteiger partial charge on any atom is 0.327 e. The predicted molar refractivity (Wildman–Crippen MR) is 125 cm³/mol. The van der Waals surface area contributed by atoms with Crippen molar-refractivity contribution < 1.29 is 18.7 Å². The van der Waals surface area contributed by atoms with E-state index < -0.39 is 6.04 Å². The van der Waals surface area contributed by atoms with Crippen LogP contribution in [0.5, 0.6) is 0 Å². The van der Waals surface area contributed by atoms with Crippen molar-refractivity contribution >= 4 is 42.9 Å². The molecule has 0 N–H and O–H groups in total. The number of ether oxygens (including phenoxy) is 1. The minimum atomic E-state index is -0.596. The minimum absolute atomic E-state index is 0. The van der Waals surface area contributed by atoms with E-state index >= 15 is 0 Å². The Hall–Kier alpha value is -2.16. The summed E-state index contributed by atoms with van der Waals surface area (Å²) in [6, 6.07) is 5.93. The van der Waals surface area contributed by atoms with Crippen molar-refractivity contribution in [2.45, 2.75) is 37.6 Å². The van der Waals surface area contributed by atoms with Crippen LogP contribution >= 0.6 is 25.0 Å². The van der Waals surface area contributed by atoms with Gasteiger partial charge in [-0.3, -0.25) is 19.2 Å². The Balaban J connectivity index is 0.00000289. The topological polar surface area (TPSA) is 64.4 Å². The summed E-state index contributed by atoms with van der Waals surface area (Å²) in [6.45, 7) is 3.23. The van der Waals surface area contributed by atoms with E-state index in [9.17, 15) is 14.0 Å². The molecule has 1 saturated heterocycles. The van der Waals surface area contributed by atoms with Gasteiger partial charge in [0.05, 0.1) is 18.8 Å². The number of esters is 1. The first-order chi connectivity index (χ1) is 15.0. The van der Waals surface area contributed by atoms with E-state index in [4.69, 9.17) is 17.4 Å². The lowest BCUT2D eigenvalue weighted by Crippen LogP contribution is -2.34. The summed E-state index contributed by atoms with van der Waals surface area (Å²) in [4.78, 5) is 26.7. The smallest absolute Gasteiger partial charge is 0.327 e. The highest BCUT2D eigenvalue weighted by Gasteiger charge is 2.42. The number of thiol groups is 1. The average molecular weight is 480 g/mol. The molecule has 32 heavy (non-hydrogen) atoms. The van der Waals surface area contributed by atoms with E-state index in [1.807, 2.05) is 11.0 Å². The van der Waals surface area contributed by atoms with Crippen LogP contribution in [0.2, 0.25) is 0 Å². The summed E-state index contributed by atoms with van der Waals surface area (Å²) in [5.74, 6) is -0.573. The second-order valence-electron chi connectivity index (χ2n) is 8.04. The number of aromatic nitrogens is 2. The molecule has 2 atom stereocenters. The second-order valence-corrected chi connectivity index (χ2v) is 8.66. The molecular formula is C23H27ClFN3O3S. The number of nitrogens with zero attached hydrogens (tertiary/aromatic N) is 3. The molecule has 0 spiro atoms. The number of hydrogen-bond acceptors (Lipinski definition) is 6. The third-order valence-electron chi connectivity index (χ3n) is 5.64. The predicted octanol–water partition coefficient (Wildman–Crippen LogP) is 3.72. The third kappa shape index (κ3) is 5.60. The van der Waals surface area contributed by atoms with Gasteiger partial charge in [-0.25, -0.2) is 4.39 Å². The zero-order valence-electron chi connectivity index (χ0n) is 17.8. The monoisotopic (exact) mass is 479 g/mol. The Morgan fingerprint density at radius 1 is 1.34 bits per heavy atom. The van der Waals surface area contributed by atoms with Crippen molar-refractivity contribution in [3.05, 3.63) is 59.2 Å². The van der Waals surface area contributed by atoms with Gasteiger partial charge in [0.2, 0.25) is 0 Å². The van der Waals surface area contributed by atoms with Crippen LogP contribution in [0, 0.1) is 11.7 Å². The Bertz CT molecular complexity index is 1010. The summed E-state index contributed by atoms with van der Waals surface area (Å²) < 4.78 is 21.1. The van der Waals surface area contributed by atoms with Gasteiger partial charge in [0, 0.05) is 41.6 Å². The molecule has 2 fully saturated rings. The maximum atomic E-state index is 14.6. The van der Waals surface area contributed by atoms with Gasteiger partial charge in [-0.05, 0) is 31.4 Å². The fraction of sp³-hybridized carbons (Fsp3) is 0.435. The van der Waals surface area contributed by atoms with Gasteiger partial charge >= 0.3 is 5.97 Å². The molecule has 1 aromatic carbocycles. The van der Waals surface area contributed by atoms with Crippen LogP contribution in [0.1, 0.15) is 36.9 Å². The highest BCUT2D eigenvalue weighted by molar-refractivity contribution is 7.81. The second kappa shape index (κ2) is 10.6. The summed E-state index contributed by atoms with van der Waals surface area (Å²) in [6.07, 6.45) is 7.19. The quantitative estimate of drug-likeness (QED) is 0.461. The lowest BCUT2D eigenvalue weighted by Gasteiger charge is -2.27. The Kier molecular flexibility index (Phi) is 8.14. The molecule has 2 unspecified atom stereocenters. The number of halogens is 2. The SMILES string of the molecule is CCOC(=O)Cn1cc(/C=C2\CN(C(C(=O)C3CC3)c3ccccc3F)CC2S)cn1.Cl. The van der Waals surface area contributed by atoms with E-state index in [1.54, 1.807) is 37.5 Å². The van der Waals surface area contributed by atoms with Crippen LogP contribution < -0.4 is 0 Å². The van der Waals surface area contributed by atoms with E-state index in [1.165, 1.54) is 10.7 Å². The van der Waals surface area contributed by atoms with Crippen LogP contribution in [-0.2, 0) is 20.9 Å². The highest BCUT2D eigenvalue weighted by atomic mass is 35.5.